The maximum absolute atomic E-state index is 3.88. The van der Waals surface area contributed by atoms with Crippen LogP contribution in [0.3, 0.4) is 0 Å². The topological polar surface area (TPSA) is 0 Å². The van der Waals surface area contributed by atoms with Gasteiger partial charge in [-0.25, -0.2) is 12.2 Å². The van der Waals surface area contributed by atoms with E-state index >= 15 is 0 Å². The Balaban J connectivity index is 0.000000252. The Bertz CT molecular complexity index is 2220. The average molecular weight is 937 g/mol. The summed E-state index contributed by atoms with van der Waals surface area (Å²) < 4.78 is 1.45. The van der Waals surface area contributed by atoms with Crippen LogP contribution in [0.25, 0.3) is 33.4 Å². The molecule has 62 heavy (non-hydrogen) atoms. The largest absolute Gasteiger partial charge is 0.273 e. The molecule has 0 spiro atoms. The van der Waals surface area contributed by atoms with Gasteiger partial charge in [0.25, 0.3) is 0 Å². The molecule has 3 heteroatoms. The first kappa shape index (κ1) is 50.8. The predicted octanol–water partition coefficient (Wildman–Crippen LogP) is 16.6. The molecule has 6 aromatic carbocycles. The van der Waals surface area contributed by atoms with Crippen molar-refractivity contribution in [3.05, 3.63) is 202 Å². The molecular weight excluding hydrogens is 871 g/mol. The van der Waals surface area contributed by atoms with Crippen LogP contribution in [0, 0.1) is 12.1 Å². The summed E-state index contributed by atoms with van der Waals surface area (Å²) in [6.07, 6.45) is 18.5. The maximum Gasteiger partial charge on any atom is -0.109 e. The quantitative estimate of drug-likeness (QED) is 0.120. The molecule has 6 aromatic rings. The summed E-state index contributed by atoms with van der Waals surface area (Å²) in [6, 6.07) is 51.2. The number of benzene rings is 6. The van der Waals surface area contributed by atoms with E-state index in [1.54, 1.807) is 0 Å². The second kappa shape index (κ2) is 23.7. The molecule has 0 aliphatic heterocycles. The molecule has 0 saturated carbocycles. The van der Waals surface area contributed by atoms with E-state index in [0.29, 0.717) is 0 Å². The SMILES string of the molecule is CC(C)(C)c1cc2c([c-]c1-c1ccccc1)Cc1cc(-c3ccccc3)c(C(C)(C)C)cc1-2.CCCCc1ccc([C](=[Zr+2])c2ccc(CCCC)cc2)cc1.Cl.Cl.[C-]1=CC=CC1. The number of allylic oxidation sites excluding steroid dienone is 4. The van der Waals surface area contributed by atoms with E-state index < -0.39 is 0 Å². The van der Waals surface area contributed by atoms with Crippen LogP contribution < -0.4 is 0 Å². The van der Waals surface area contributed by atoms with Crippen molar-refractivity contribution >= 4 is 28.0 Å². The first-order valence-electron chi connectivity index (χ1n) is 22.2. The Kier molecular flexibility index (Phi) is 19.4. The molecule has 0 nitrogen and oxygen atoms in total. The van der Waals surface area contributed by atoms with Gasteiger partial charge in [-0.1, -0.05) is 131 Å². The third-order valence-corrected chi connectivity index (χ3v) is 13.0. The van der Waals surface area contributed by atoms with Gasteiger partial charge in [0, 0.05) is 0 Å². The van der Waals surface area contributed by atoms with Crippen molar-refractivity contribution in [2.24, 2.45) is 0 Å². The fourth-order valence-corrected chi connectivity index (χ4v) is 8.87. The number of rotatable bonds is 10. The molecule has 8 rings (SSSR count). The zero-order valence-electron chi connectivity index (χ0n) is 38.3. The van der Waals surface area contributed by atoms with E-state index in [-0.39, 0.29) is 35.6 Å². The van der Waals surface area contributed by atoms with Gasteiger partial charge in [-0.05, 0) is 39.5 Å². The van der Waals surface area contributed by atoms with E-state index in [1.807, 2.05) is 12.2 Å². The van der Waals surface area contributed by atoms with Gasteiger partial charge in [-0.2, -0.15) is 6.08 Å². The number of hydrogen-bond donors (Lipinski definition) is 0. The molecule has 0 N–H and O–H groups in total. The Morgan fingerprint density at radius 2 is 1.08 bits per heavy atom. The van der Waals surface area contributed by atoms with Gasteiger partial charge >= 0.3 is 151 Å². The van der Waals surface area contributed by atoms with Crippen LogP contribution in [0.4, 0.5) is 0 Å². The number of halogens is 2. The molecule has 0 amide bonds. The third kappa shape index (κ3) is 13.3. The molecule has 0 aromatic heterocycles. The van der Waals surface area contributed by atoms with Crippen LogP contribution in [-0.4, -0.2) is 3.21 Å². The molecule has 320 valence electrons. The smallest absolute Gasteiger partial charge is 0.109 e. The summed E-state index contributed by atoms with van der Waals surface area (Å²) in [6.45, 7) is 18.4. The van der Waals surface area contributed by atoms with Crippen LogP contribution in [-0.2, 0) is 54.3 Å². The van der Waals surface area contributed by atoms with Crippen molar-refractivity contribution < 1.29 is 24.2 Å². The van der Waals surface area contributed by atoms with E-state index in [1.165, 1.54) is 144 Å². The number of hydrogen-bond acceptors (Lipinski definition) is 0. The van der Waals surface area contributed by atoms with Crippen LogP contribution in [0.15, 0.2) is 146 Å². The van der Waals surface area contributed by atoms with Gasteiger partial charge in [0.05, 0.1) is 0 Å². The van der Waals surface area contributed by atoms with Gasteiger partial charge < -0.3 is 0 Å². The summed E-state index contributed by atoms with van der Waals surface area (Å²) in [7, 11) is 0. The van der Waals surface area contributed by atoms with Gasteiger partial charge in [0.2, 0.25) is 0 Å². The van der Waals surface area contributed by atoms with Crippen LogP contribution in [0.5, 0.6) is 0 Å². The Hall–Kier alpha value is -3.87. The minimum atomic E-state index is 0. The standard InChI is InChI=1S/C33H33.C21H26.C5H5.2ClH.Zr/c1-32(2,3)30-20-26-24(18-28(30)22-13-9-7-10-14-22)17-25-19-29(23-15-11-8-12-16-23)31(21-27(25)26)33(4,5)6;1-3-5-7-18-9-13-20(14-10-18)17-21-15-11-19(12-16-21)8-6-4-2;1-2-4-5-3-1;;;/h7-16,18,20-21H,17H2,1-6H3;9-16H,3-8H2,1-2H3;1-3H,4H2;2*1H;/q-1;;-1;;;+2. The van der Waals surface area contributed by atoms with Gasteiger partial charge in [-0.3, -0.25) is 6.08 Å². The fourth-order valence-electron chi connectivity index (χ4n) is 8.05. The fraction of sp³-hybridized carbons (Fsp3) is 0.305. The van der Waals surface area contributed by atoms with Crippen molar-refractivity contribution in [1.29, 1.82) is 0 Å². The maximum atomic E-state index is 3.88. The zero-order chi connectivity index (χ0) is 42.7. The average Bonchev–Trinajstić information content (AvgIpc) is 3.97. The van der Waals surface area contributed by atoms with Crippen molar-refractivity contribution in [2.75, 3.05) is 0 Å². The Morgan fingerprint density at radius 3 is 1.52 bits per heavy atom. The molecular formula is C59H66Cl2Zr. The Labute approximate surface area is 402 Å². The van der Waals surface area contributed by atoms with Crippen LogP contribution in [0.2, 0.25) is 0 Å². The number of aryl methyl sites for hydroxylation is 2. The normalized spacial score (nSPS) is 12.2. The van der Waals surface area contributed by atoms with Gasteiger partial charge in [0.15, 0.2) is 0 Å². The summed E-state index contributed by atoms with van der Waals surface area (Å²) in [5, 5.41) is 0. The second-order valence-electron chi connectivity index (χ2n) is 18.4. The number of fused-ring (bicyclic) bond motifs is 3. The van der Waals surface area contributed by atoms with Crippen molar-refractivity contribution in [3.63, 3.8) is 0 Å². The van der Waals surface area contributed by atoms with E-state index in [2.05, 4.69) is 201 Å². The molecule has 0 atom stereocenters. The van der Waals surface area contributed by atoms with E-state index in [9.17, 15) is 0 Å². The van der Waals surface area contributed by atoms with E-state index in [4.69, 9.17) is 0 Å². The monoisotopic (exact) mass is 934 g/mol. The summed E-state index contributed by atoms with van der Waals surface area (Å²) >= 11 is 1.48. The third-order valence-electron chi connectivity index (χ3n) is 11.5. The second-order valence-corrected chi connectivity index (χ2v) is 19.6. The summed E-state index contributed by atoms with van der Waals surface area (Å²) in [5.74, 6) is 0. The van der Waals surface area contributed by atoms with Crippen molar-refractivity contribution in [2.45, 2.75) is 118 Å². The minimum Gasteiger partial charge on any atom is -0.273 e. The molecule has 2 aliphatic carbocycles. The predicted molar refractivity (Wildman–Crippen MR) is 271 cm³/mol. The van der Waals surface area contributed by atoms with Gasteiger partial charge in [0.1, 0.15) is 0 Å². The molecule has 0 bridgehead atoms. The Morgan fingerprint density at radius 1 is 0.581 bits per heavy atom. The number of unbranched alkanes of at least 4 members (excludes halogenated alkanes) is 2. The van der Waals surface area contributed by atoms with Crippen molar-refractivity contribution in [3.8, 4) is 33.4 Å². The molecule has 2 aliphatic rings. The zero-order valence-corrected chi connectivity index (χ0v) is 42.4. The van der Waals surface area contributed by atoms with Gasteiger partial charge in [-0.15, -0.1) is 60.1 Å². The van der Waals surface area contributed by atoms with Crippen LogP contribution >= 0.6 is 24.8 Å². The summed E-state index contributed by atoms with van der Waals surface area (Å²) in [5.41, 5.74) is 19.2. The first-order valence-corrected chi connectivity index (χ1v) is 23.5. The molecule has 0 unspecified atom stereocenters. The van der Waals surface area contributed by atoms with Crippen molar-refractivity contribution in [1.82, 2.24) is 0 Å². The van der Waals surface area contributed by atoms with Crippen LogP contribution in [0.1, 0.15) is 132 Å². The summed E-state index contributed by atoms with van der Waals surface area (Å²) in [4.78, 5) is 0. The molecule has 0 radical (unpaired) electrons. The minimum absolute atomic E-state index is 0. The first-order chi connectivity index (χ1) is 28.9. The molecule has 0 fully saturated rings. The van der Waals surface area contributed by atoms with E-state index in [0.717, 1.165) is 12.8 Å². The molecule has 0 heterocycles. The molecule has 0 saturated heterocycles.